The second-order valence-corrected chi connectivity index (χ2v) is 9.03. The molecule has 1 aliphatic rings. The number of thioether (sulfide) groups is 1. The minimum atomic E-state index is -1.12. The molecule has 0 N–H and O–H groups in total. The van der Waals surface area contributed by atoms with Crippen LogP contribution in [0.25, 0.3) is 0 Å². The lowest BCUT2D eigenvalue weighted by molar-refractivity contribution is -0.194. The van der Waals surface area contributed by atoms with E-state index >= 15 is 0 Å². The molecule has 156 valence electrons. The first-order valence-corrected chi connectivity index (χ1v) is 10.7. The Kier molecular flexibility index (Phi) is 7.96. The van der Waals surface area contributed by atoms with E-state index in [4.69, 9.17) is 14.2 Å². The molecule has 5 nitrogen and oxygen atoms in total. The van der Waals surface area contributed by atoms with E-state index in [2.05, 4.69) is 13.8 Å². The first kappa shape index (κ1) is 22.8. The number of carbonyl (C=O) groups excluding carboxylic acids is 2. The summed E-state index contributed by atoms with van der Waals surface area (Å²) in [5, 5.41) is 0. The molecule has 0 spiro atoms. The van der Waals surface area contributed by atoms with E-state index in [0.717, 1.165) is 4.90 Å². The van der Waals surface area contributed by atoms with Gasteiger partial charge in [-0.15, -0.1) is 0 Å². The fraction of sp³-hybridized carbons (Fsp3) is 0.636. The predicted octanol–water partition coefficient (Wildman–Crippen LogP) is 4.69. The Labute approximate surface area is 172 Å². The third-order valence-electron chi connectivity index (χ3n) is 5.68. The zero-order chi connectivity index (χ0) is 20.9. The van der Waals surface area contributed by atoms with Crippen LogP contribution < -0.4 is 0 Å². The molecule has 28 heavy (non-hydrogen) atoms. The van der Waals surface area contributed by atoms with Gasteiger partial charge in [0, 0.05) is 24.2 Å². The summed E-state index contributed by atoms with van der Waals surface area (Å²) >= 11 is 1.40. The van der Waals surface area contributed by atoms with E-state index in [9.17, 15) is 9.59 Å². The average molecular weight is 409 g/mol. The van der Waals surface area contributed by atoms with Crippen molar-refractivity contribution in [1.29, 1.82) is 0 Å². The molecule has 1 aliphatic heterocycles. The molecule has 0 aliphatic carbocycles. The number of ether oxygens (including phenoxy) is 3. The van der Waals surface area contributed by atoms with Gasteiger partial charge in [0.05, 0.1) is 13.2 Å². The second kappa shape index (κ2) is 9.79. The average Bonchev–Trinajstić information content (AvgIpc) is 2.68. The highest BCUT2D eigenvalue weighted by Crippen LogP contribution is 2.49. The molecule has 2 rings (SSSR count). The van der Waals surface area contributed by atoms with Crippen LogP contribution in [0.2, 0.25) is 0 Å². The number of hydrogen-bond donors (Lipinski definition) is 0. The number of carbonyl (C=O) groups is 2. The number of methoxy groups -OCH3 is 1. The van der Waals surface area contributed by atoms with E-state index in [-0.39, 0.29) is 41.9 Å². The van der Waals surface area contributed by atoms with Gasteiger partial charge in [0.15, 0.2) is 0 Å². The Bertz CT molecular complexity index is 664. The van der Waals surface area contributed by atoms with Gasteiger partial charge in [0.25, 0.3) is 0 Å². The van der Waals surface area contributed by atoms with Crippen LogP contribution in [0.15, 0.2) is 35.2 Å². The molecular formula is C22H32O5S. The molecular weight excluding hydrogens is 376 g/mol. The normalized spacial score (nSPS) is 29.6. The van der Waals surface area contributed by atoms with Gasteiger partial charge in [-0.25, -0.2) is 4.79 Å². The molecule has 1 unspecified atom stereocenters. The SMILES string of the molecule is CC[C@@H](OC(C)=O)[C@@H](C)[C@@H]1O[C@@](Sc2ccccc2)(C(=O)OC)CC(C)[C@H]1C. The van der Waals surface area contributed by atoms with Crippen molar-refractivity contribution in [3.63, 3.8) is 0 Å². The van der Waals surface area contributed by atoms with Crippen LogP contribution in [0.5, 0.6) is 0 Å². The Morgan fingerprint density at radius 1 is 1.29 bits per heavy atom. The summed E-state index contributed by atoms with van der Waals surface area (Å²) in [7, 11) is 1.40. The van der Waals surface area contributed by atoms with E-state index in [1.807, 2.05) is 44.2 Å². The van der Waals surface area contributed by atoms with Crippen LogP contribution in [0, 0.1) is 17.8 Å². The summed E-state index contributed by atoms with van der Waals surface area (Å²) < 4.78 is 17.2. The Hall–Kier alpha value is -1.53. The maximum Gasteiger partial charge on any atom is 0.349 e. The lowest BCUT2D eigenvalue weighted by Crippen LogP contribution is -2.54. The van der Waals surface area contributed by atoms with Gasteiger partial charge in [-0.3, -0.25) is 4.79 Å². The van der Waals surface area contributed by atoms with Gasteiger partial charge < -0.3 is 14.2 Å². The van der Waals surface area contributed by atoms with E-state index < -0.39 is 4.93 Å². The zero-order valence-corrected chi connectivity index (χ0v) is 18.5. The first-order valence-electron chi connectivity index (χ1n) is 9.91. The zero-order valence-electron chi connectivity index (χ0n) is 17.6. The van der Waals surface area contributed by atoms with Crippen LogP contribution in [-0.4, -0.2) is 36.2 Å². The Balaban J connectivity index is 2.36. The summed E-state index contributed by atoms with van der Waals surface area (Å²) in [4.78, 5) is 24.2. The third-order valence-corrected chi connectivity index (χ3v) is 6.95. The first-order chi connectivity index (χ1) is 13.2. The van der Waals surface area contributed by atoms with Gasteiger partial charge in [-0.2, -0.15) is 0 Å². The van der Waals surface area contributed by atoms with Crippen molar-refractivity contribution >= 4 is 23.7 Å². The summed E-state index contributed by atoms with van der Waals surface area (Å²) in [5.41, 5.74) is 0. The highest BCUT2D eigenvalue weighted by molar-refractivity contribution is 8.01. The highest BCUT2D eigenvalue weighted by atomic mass is 32.2. The smallest absolute Gasteiger partial charge is 0.349 e. The molecule has 6 heteroatoms. The summed E-state index contributed by atoms with van der Waals surface area (Å²) in [6.45, 7) is 9.73. The van der Waals surface area contributed by atoms with E-state index in [1.165, 1.54) is 25.8 Å². The molecule has 6 atom stereocenters. The molecule has 1 fully saturated rings. The van der Waals surface area contributed by atoms with Crippen LogP contribution in [0.3, 0.4) is 0 Å². The minimum absolute atomic E-state index is 0.0490. The quantitative estimate of drug-likeness (QED) is 0.610. The standard InChI is InChI=1S/C22H32O5S/c1-7-19(26-17(5)23)16(4)20-15(3)14(2)13-22(27-20,21(24)25-6)28-18-11-9-8-10-12-18/h8-12,14-16,19-20H,7,13H2,1-6H3/t14?,15-,16-,19-,20-,22+/m1/s1. The van der Waals surface area contributed by atoms with Crippen molar-refractivity contribution < 1.29 is 23.8 Å². The molecule has 0 bridgehead atoms. The fourth-order valence-electron chi connectivity index (χ4n) is 3.96. The highest BCUT2D eigenvalue weighted by Gasteiger charge is 2.53. The largest absolute Gasteiger partial charge is 0.466 e. The van der Waals surface area contributed by atoms with Gasteiger partial charge >= 0.3 is 11.9 Å². The maximum absolute atomic E-state index is 12.9. The third kappa shape index (κ3) is 5.09. The van der Waals surface area contributed by atoms with Crippen molar-refractivity contribution in [2.24, 2.45) is 17.8 Å². The predicted molar refractivity (Wildman–Crippen MR) is 110 cm³/mol. The van der Waals surface area contributed by atoms with Crippen molar-refractivity contribution in [1.82, 2.24) is 0 Å². The van der Waals surface area contributed by atoms with E-state index in [0.29, 0.717) is 12.8 Å². The van der Waals surface area contributed by atoms with Crippen LogP contribution in [-0.2, 0) is 23.8 Å². The molecule has 1 saturated heterocycles. The molecule has 0 saturated carbocycles. The van der Waals surface area contributed by atoms with E-state index in [1.54, 1.807) is 0 Å². The molecule has 0 aromatic heterocycles. The second-order valence-electron chi connectivity index (χ2n) is 7.70. The summed E-state index contributed by atoms with van der Waals surface area (Å²) in [6, 6.07) is 9.75. The molecule has 1 aromatic carbocycles. The van der Waals surface area contributed by atoms with Crippen LogP contribution in [0.4, 0.5) is 0 Å². The van der Waals surface area contributed by atoms with Crippen LogP contribution >= 0.6 is 11.8 Å². The van der Waals surface area contributed by atoms with Gasteiger partial charge in [0.1, 0.15) is 6.10 Å². The Morgan fingerprint density at radius 2 is 1.93 bits per heavy atom. The van der Waals surface area contributed by atoms with Gasteiger partial charge in [-0.1, -0.05) is 57.7 Å². The Morgan fingerprint density at radius 3 is 2.46 bits per heavy atom. The number of rotatable bonds is 7. The lowest BCUT2D eigenvalue weighted by atomic mass is 9.77. The van der Waals surface area contributed by atoms with Crippen LogP contribution in [0.1, 0.15) is 47.5 Å². The van der Waals surface area contributed by atoms with Crippen molar-refractivity contribution in [2.45, 2.75) is 69.5 Å². The number of hydrogen-bond acceptors (Lipinski definition) is 6. The van der Waals surface area contributed by atoms with Crippen molar-refractivity contribution in [2.75, 3.05) is 7.11 Å². The van der Waals surface area contributed by atoms with Crippen molar-refractivity contribution in [3.8, 4) is 0 Å². The lowest BCUT2D eigenvalue weighted by Gasteiger charge is -2.47. The summed E-state index contributed by atoms with van der Waals surface area (Å²) in [6.07, 6.45) is 0.767. The number of benzene rings is 1. The molecule has 0 radical (unpaired) electrons. The summed E-state index contributed by atoms with van der Waals surface area (Å²) in [5.74, 6) is -0.266. The van der Waals surface area contributed by atoms with Gasteiger partial charge in [0.2, 0.25) is 4.93 Å². The molecule has 0 amide bonds. The molecule has 1 aromatic rings. The fourth-order valence-corrected chi connectivity index (χ4v) is 5.30. The van der Waals surface area contributed by atoms with Crippen molar-refractivity contribution in [3.05, 3.63) is 30.3 Å². The monoisotopic (exact) mass is 408 g/mol. The maximum atomic E-state index is 12.9. The topological polar surface area (TPSA) is 61.8 Å². The molecule has 1 heterocycles. The number of esters is 2. The minimum Gasteiger partial charge on any atom is -0.466 e. The van der Waals surface area contributed by atoms with Gasteiger partial charge in [-0.05, 0) is 30.4 Å².